The van der Waals surface area contributed by atoms with Crippen LogP contribution in [0.5, 0.6) is 0 Å². The van der Waals surface area contributed by atoms with E-state index in [1.807, 2.05) is 0 Å². The first-order valence-corrected chi connectivity index (χ1v) is 9.23. The van der Waals surface area contributed by atoms with Crippen molar-refractivity contribution in [2.45, 2.75) is 79.1 Å². The van der Waals surface area contributed by atoms with Crippen molar-refractivity contribution in [3.8, 4) is 0 Å². The van der Waals surface area contributed by atoms with E-state index in [-0.39, 0.29) is 26.2 Å². The Kier molecular flexibility index (Phi) is 13.7. The van der Waals surface area contributed by atoms with Gasteiger partial charge in [0.05, 0.1) is 0 Å². The monoisotopic (exact) mass is 388 g/mol. The fraction of sp³-hybridized carbons (Fsp3) is 0.545. The van der Waals surface area contributed by atoms with Crippen LogP contribution in [-0.4, -0.2) is 0 Å². The van der Waals surface area contributed by atoms with Crippen LogP contribution in [-0.2, 0) is 51.9 Å². The Morgan fingerprint density at radius 3 is 1.39 bits per heavy atom. The Bertz CT molecular complexity index is 443. The van der Waals surface area contributed by atoms with Gasteiger partial charge in [-0.05, 0) is 0 Å². The van der Waals surface area contributed by atoms with Gasteiger partial charge >= 0.3 is 26.2 Å². The molecule has 2 aromatic rings. The SMILES string of the molecule is CCCC[c-]1cccc1CC.CCCC[c-]1cccc1CC.[Zr+2]. The van der Waals surface area contributed by atoms with Crippen LogP contribution in [0.3, 0.4) is 0 Å². The quantitative estimate of drug-likeness (QED) is 0.445. The molecule has 2 rings (SSSR count). The van der Waals surface area contributed by atoms with Gasteiger partial charge in [0.2, 0.25) is 0 Å². The molecular weight excluding hydrogens is 355 g/mol. The Morgan fingerprint density at radius 1 is 0.696 bits per heavy atom. The van der Waals surface area contributed by atoms with E-state index < -0.39 is 0 Å². The van der Waals surface area contributed by atoms with Crippen LogP contribution in [0.2, 0.25) is 0 Å². The summed E-state index contributed by atoms with van der Waals surface area (Å²) in [6.07, 6.45) is 10.2. The van der Waals surface area contributed by atoms with E-state index in [4.69, 9.17) is 0 Å². The fourth-order valence-electron chi connectivity index (χ4n) is 2.90. The molecule has 0 bridgehead atoms. The summed E-state index contributed by atoms with van der Waals surface area (Å²) in [6, 6.07) is 13.3. The van der Waals surface area contributed by atoms with E-state index in [0.717, 1.165) is 0 Å². The summed E-state index contributed by atoms with van der Waals surface area (Å²) in [5, 5.41) is 0. The van der Waals surface area contributed by atoms with Crippen LogP contribution in [0.25, 0.3) is 0 Å². The third-order valence-corrected chi connectivity index (χ3v) is 4.38. The van der Waals surface area contributed by atoms with Crippen LogP contribution in [0.4, 0.5) is 0 Å². The summed E-state index contributed by atoms with van der Waals surface area (Å²) in [4.78, 5) is 0. The standard InChI is InChI=1S/2C11H17.Zr/c2*1-3-5-7-11-9-6-8-10(11)4-2;/h2*6,8-9H,3-5,7H2,1-2H3;/q2*-1;+2. The van der Waals surface area contributed by atoms with E-state index >= 15 is 0 Å². The van der Waals surface area contributed by atoms with Gasteiger partial charge < -0.3 is 0 Å². The third-order valence-electron chi connectivity index (χ3n) is 4.38. The maximum Gasteiger partial charge on any atom is 2.00 e. The summed E-state index contributed by atoms with van der Waals surface area (Å²) in [6.45, 7) is 8.94. The minimum atomic E-state index is 0. The molecule has 0 aromatic heterocycles. The fourth-order valence-corrected chi connectivity index (χ4v) is 2.90. The largest absolute Gasteiger partial charge is 2.00 e. The second-order valence-electron chi connectivity index (χ2n) is 6.07. The minimum Gasteiger partial charge on any atom is -0.213 e. The minimum absolute atomic E-state index is 0. The van der Waals surface area contributed by atoms with E-state index in [0.29, 0.717) is 0 Å². The normalized spacial score (nSPS) is 9.91. The van der Waals surface area contributed by atoms with E-state index in [9.17, 15) is 0 Å². The summed E-state index contributed by atoms with van der Waals surface area (Å²) < 4.78 is 0. The summed E-state index contributed by atoms with van der Waals surface area (Å²) in [5.41, 5.74) is 6.21. The molecule has 0 unspecified atom stereocenters. The molecule has 0 aliphatic heterocycles. The van der Waals surface area contributed by atoms with Gasteiger partial charge in [-0.1, -0.05) is 79.1 Å². The average molecular weight is 390 g/mol. The summed E-state index contributed by atoms with van der Waals surface area (Å²) >= 11 is 0. The number of rotatable bonds is 8. The van der Waals surface area contributed by atoms with Gasteiger partial charge in [-0.3, -0.25) is 0 Å². The maximum atomic E-state index is 2.26. The van der Waals surface area contributed by atoms with Gasteiger partial charge in [0, 0.05) is 0 Å². The first kappa shape index (κ1) is 22.6. The zero-order valence-corrected chi connectivity index (χ0v) is 18.1. The molecule has 1 heteroatoms. The second kappa shape index (κ2) is 14.0. The number of unbranched alkanes of at least 4 members (excludes halogenated alkanes) is 2. The Hall–Kier alpha value is -0.417. The number of hydrogen-bond acceptors (Lipinski definition) is 0. The molecule has 0 aliphatic rings. The molecule has 0 amide bonds. The predicted octanol–water partition coefficient (Wildman–Crippen LogP) is 6.62. The van der Waals surface area contributed by atoms with Crippen molar-refractivity contribution in [3.05, 3.63) is 58.7 Å². The zero-order chi connectivity index (χ0) is 16.2. The van der Waals surface area contributed by atoms with E-state index in [1.54, 1.807) is 22.3 Å². The molecule has 0 nitrogen and oxygen atoms in total. The first-order chi connectivity index (χ1) is 10.8. The van der Waals surface area contributed by atoms with Gasteiger partial charge in [-0.25, -0.2) is 24.3 Å². The number of aryl methyl sites for hydroxylation is 4. The van der Waals surface area contributed by atoms with Gasteiger partial charge in [-0.2, -0.15) is 34.4 Å². The van der Waals surface area contributed by atoms with Gasteiger partial charge in [0.1, 0.15) is 0 Å². The molecule has 0 saturated heterocycles. The molecular formula is C22H34Zr. The van der Waals surface area contributed by atoms with Crippen LogP contribution < -0.4 is 0 Å². The Labute approximate surface area is 163 Å². The summed E-state index contributed by atoms with van der Waals surface area (Å²) in [5.74, 6) is 0. The molecule has 0 spiro atoms. The van der Waals surface area contributed by atoms with E-state index in [1.165, 1.54) is 51.4 Å². The van der Waals surface area contributed by atoms with Gasteiger partial charge in [-0.15, -0.1) is 0 Å². The zero-order valence-electron chi connectivity index (χ0n) is 15.6. The molecule has 0 saturated carbocycles. The number of hydrogen-bond donors (Lipinski definition) is 0. The smallest absolute Gasteiger partial charge is 0.213 e. The van der Waals surface area contributed by atoms with Crippen LogP contribution >= 0.6 is 0 Å². The van der Waals surface area contributed by atoms with Gasteiger partial charge in [0.25, 0.3) is 0 Å². The molecule has 0 fully saturated rings. The molecule has 23 heavy (non-hydrogen) atoms. The van der Waals surface area contributed by atoms with Gasteiger partial charge in [0.15, 0.2) is 0 Å². The average Bonchev–Trinajstić information content (AvgIpc) is 3.19. The molecule has 0 atom stereocenters. The maximum absolute atomic E-state index is 2.26. The molecule has 0 radical (unpaired) electrons. The Balaban J connectivity index is 0.000000403. The molecule has 0 heterocycles. The topological polar surface area (TPSA) is 0 Å². The third kappa shape index (κ3) is 8.30. The van der Waals surface area contributed by atoms with Crippen LogP contribution in [0.15, 0.2) is 36.4 Å². The first-order valence-electron chi connectivity index (χ1n) is 9.23. The Morgan fingerprint density at radius 2 is 1.09 bits per heavy atom. The van der Waals surface area contributed by atoms with Crippen molar-refractivity contribution in [1.82, 2.24) is 0 Å². The molecule has 0 N–H and O–H groups in total. The van der Waals surface area contributed by atoms with E-state index in [2.05, 4.69) is 64.1 Å². The van der Waals surface area contributed by atoms with Crippen LogP contribution in [0.1, 0.15) is 75.6 Å². The predicted molar refractivity (Wildman–Crippen MR) is 100 cm³/mol. The van der Waals surface area contributed by atoms with Crippen LogP contribution in [0, 0.1) is 0 Å². The summed E-state index contributed by atoms with van der Waals surface area (Å²) in [7, 11) is 0. The molecule has 2 aromatic carbocycles. The van der Waals surface area contributed by atoms with Crippen molar-refractivity contribution < 1.29 is 26.2 Å². The second-order valence-corrected chi connectivity index (χ2v) is 6.07. The van der Waals surface area contributed by atoms with Crippen molar-refractivity contribution in [3.63, 3.8) is 0 Å². The van der Waals surface area contributed by atoms with Crippen molar-refractivity contribution >= 4 is 0 Å². The van der Waals surface area contributed by atoms with Crippen molar-refractivity contribution in [2.75, 3.05) is 0 Å². The van der Waals surface area contributed by atoms with Crippen molar-refractivity contribution in [2.24, 2.45) is 0 Å². The van der Waals surface area contributed by atoms with Crippen molar-refractivity contribution in [1.29, 1.82) is 0 Å². The molecule has 0 aliphatic carbocycles. The molecule has 126 valence electrons.